The summed E-state index contributed by atoms with van der Waals surface area (Å²) in [7, 11) is 1.86. The van der Waals surface area contributed by atoms with E-state index < -0.39 is 0 Å². The van der Waals surface area contributed by atoms with E-state index in [4.69, 9.17) is 10.7 Å². The summed E-state index contributed by atoms with van der Waals surface area (Å²) < 4.78 is 0. The van der Waals surface area contributed by atoms with Gasteiger partial charge in [-0.2, -0.15) is 0 Å². The van der Waals surface area contributed by atoms with Crippen molar-refractivity contribution in [3.8, 4) is 0 Å². The summed E-state index contributed by atoms with van der Waals surface area (Å²) >= 11 is 0. The number of nitrogens with two attached hydrogens (primary N) is 1. The van der Waals surface area contributed by atoms with Gasteiger partial charge in [-0.25, -0.2) is 0 Å². The Morgan fingerprint density at radius 3 is 2.38 bits per heavy atom. The molecule has 3 N–H and O–H groups in total. The molecule has 2 aromatic rings. The molecule has 3 nitrogen and oxygen atoms in total. The first-order valence-electron chi connectivity index (χ1n) is 13.1. The van der Waals surface area contributed by atoms with Gasteiger partial charge in [-0.3, -0.25) is 4.99 Å². The highest BCUT2D eigenvalue weighted by atomic mass is 14.9. The summed E-state index contributed by atoms with van der Waals surface area (Å²) in [5.41, 5.74) is 17.6. The second-order valence-corrected chi connectivity index (χ2v) is 9.48. The Kier molecular flexibility index (Phi) is 8.93. The van der Waals surface area contributed by atoms with Crippen molar-refractivity contribution in [3.05, 3.63) is 148 Å². The third-order valence-corrected chi connectivity index (χ3v) is 6.80. The fraction of sp³-hybridized carbons (Fsp3) is 0.206. The molecule has 0 aromatic heterocycles. The maximum absolute atomic E-state index is 6.39. The van der Waals surface area contributed by atoms with Crippen LogP contribution in [0, 0.1) is 6.92 Å². The average molecular weight is 488 g/mol. The van der Waals surface area contributed by atoms with Gasteiger partial charge in [-0.05, 0) is 91.7 Å². The van der Waals surface area contributed by atoms with Gasteiger partial charge in [0.25, 0.3) is 0 Å². The lowest BCUT2D eigenvalue weighted by Crippen LogP contribution is -2.11. The van der Waals surface area contributed by atoms with E-state index in [9.17, 15) is 0 Å². The molecule has 0 radical (unpaired) electrons. The predicted molar refractivity (Wildman–Crippen MR) is 159 cm³/mol. The van der Waals surface area contributed by atoms with E-state index in [1.807, 2.05) is 13.2 Å². The Hall–Kier alpha value is -4.11. The number of allylic oxidation sites excluding steroid dienone is 11. The summed E-state index contributed by atoms with van der Waals surface area (Å²) in [6, 6.07) is 19.0. The molecule has 0 bridgehead atoms. The highest BCUT2D eigenvalue weighted by Gasteiger charge is 2.18. The molecule has 0 atom stereocenters. The number of rotatable bonds is 8. The van der Waals surface area contributed by atoms with Gasteiger partial charge in [0.1, 0.15) is 0 Å². The highest BCUT2D eigenvalue weighted by Crippen LogP contribution is 2.34. The monoisotopic (exact) mass is 487 g/mol. The van der Waals surface area contributed by atoms with Crippen LogP contribution in [0.4, 0.5) is 0 Å². The van der Waals surface area contributed by atoms with Crippen molar-refractivity contribution in [2.24, 2.45) is 10.7 Å². The van der Waals surface area contributed by atoms with E-state index in [-0.39, 0.29) is 0 Å². The second-order valence-electron chi connectivity index (χ2n) is 9.48. The molecule has 4 rings (SSSR count). The molecule has 0 fully saturated rings. The largest absolute Gasteiger partial charge is 0.404 e. The van der Waals surface area contributed by atoms with Crippen molar-refractivity contribution in [2.75, 3.05) is 7.05 Å². The molecule has 1 heterocycles. The van der Waals surface area contributed by atoms with Crippen LogP contribution >= 0.6 is 0 Å². The maximum atomic E-state index is 6.39. The van der Waals surface area contributed by atoms with Gasteiger partial charge in [-0.15, -0.1) is 0 Å². The summed E-state index contributed by atoms with van der Waals surface area (Å²) in [4.78, 5) is 4.80. The lowest BCUT2D eigenvalue weighted by molar-refractivity contribution is 0.714. The number of benzene rings is 2. The van der Waals surface area contributed by atoms with Gasteiger partial charge in [0, 0.05) is 36.3 Å². The lowest BCUT2D eigenvalue weighted by atomic mass is 9.85. The molecule has 1 aliphatic carbocycles. The van der Waals surface area contributed by atoms with E-state index in [1.165, 1.54) is 35.1 Å². The minimum atomic E-state index is 0.929. The summed E-state index contributed by atoms with van der Waals surface area (Å²) in [5, 5.41) is 3.18. The minimum absolute atomic E-state index is 0.929. The van der Waals surface area contributed by atoms with Crippen molar-refractivity contribution in [1.29, 1.82) is 0 Å². The number of nitrogens with zero attached hydrogens (tertiary/aromatic N) is 1. The fourth-order valence-corrected chi connectivity index (χ4v) is 4.73. The second kappa shape index (κ2) is 12.7. The highest BCUT2D eigenvalue weighted by molar-refractivity contribution is 6.17. The SMILES string of the molecule is CN=C(C(=CC(C)=CC=C1C=CN1)C(/C=C(/C1=CCCCC1)c1ccccc1)=C/N)c1ccccc1C. The summed E-state index contributed by atoms with van der Waals surface area (Å²) in [6.45, 7) is 4.24. The third kappa shape index (κ3) is 6.56. The number of nitrogens with one attached hydrogen (secondary N) is 1. The zero-order chi connectivity index (χ0) is 26.0. The van der Waals surface area contributed by atoms with Gasteiger partial charge in [0.2, 0.25) is 0 Å². The van der Waals surface area contributed by atoms with Gasteiger partial charge in [0.15, 0.2) is 0 Å². The molecule has 0 saturated carbocycles. The van der Waals surface area contributed by atoms with Crippen molar-refractivity contribution < 1.29 is 0 Å². The van der Waals surface area contributed by atoms with Crippen LogP contribution in [-0.2, 0) is 0 Å². The maximum Gasteiger partial charge on any atom is 0.0724 e. The van der Waals surface area contributed by atoms with Crippen LogP contribution in [-0.4, -0.2) is 12.8 Å². The Morgan fingerprint density at radius 1 is 1.00 bits per heavy atom. The van der Waals surface area contributed by atoms with Crippen molar-refractivity contribution >= 4 is 11.3 Å². The van der Waals surface area contributed by atoms with Crippen LogP contribution in [0.15, 0.2) is 136 Å². The Balaban J connectivity index is 1.87. The molecule has 2 aliphatic rings. The fourth-order valence-electron chi connectivity index (χ4n) is 4.73. The van der Waals surface area contributed by atoms with Crippen LogP contribution in [0.5, 0.6) is 0 Å². The Morgan fingerprint density at radius 2 is 1.76 bits per heavy atom. The number of aryl methyl sites for hydroxylation is 1. The average Bonchev–Trinajstić information content (AvgIpc) is 2.90. The molecule has 37 heavy (non-hydrogen) atoms. The van der Waals surface area contributed by atoms with Gasteiger partial charge >= 0.3 is 0 Å². The first-order chi connectivity index (χ1) is 18.1. The van der Waals surface area contributed by atoms with E-state index >= 15 is 0 Å². The van der Waals surface area contributed by atoms with E-state index in [0.717, 1.165) is 46.5 Å². The zero-order valence-electron chi connectivity index (χ0n) is 22.2. The molecule has 1 aliphatic heterocycles. The first kappa shape index (κ1) is 26.0. The molecule has 2 aromatic carbocycles. The van der Waals surface area contributed by atoms with Crippen LogP contribution in [0.1, 0.15) is 49.3 Å². The van der Waals surface area contributed by atoms with Gasteiger partial charge < -0.3 is 11.1 Å². The molecular weight excluding hydrogens is 450 g/mol. The van der Waals surface area contributed by atoms with E-state index in [2.05, 4.69) is 110 Å². The molecule has 0 amide bonds. The normalized spacial score (nSPS) is 18.4. The molecule has 188 valence electrons. The molecule has 3 heteroatoms. The van der Waals surface area contributed by atoms with Crippen LogP contribution in [0.25, 0.3) is 5.57 Å². The lowest BCUT2D eigenvalue weighted by Gasteiger charge is -2.20. The molecule has 0 saturated heterocycles. The molecule has 0 unspecified atom stereocenters. The zero-order valence-corrected chi connectivity index (χ0v) is 22.2. The first-order valence-corrected chi connectivity index (χ1v) is 13.1. The van der Waals surface area contributed by atoms with Crippen molar-refractivity contribution in [2.45, 2.75) is 39.5 Å². The summed E-state index contributed by atoms with van der Waals surface area (Å²) in [5.74, 6) is 0. The quantitative estimate of drug-likeness (QED) is 0.296. The smallest absolute Gasteiger partial charge is 0.0724 e. The van der Waals surface area contributed by atoms with Crippen LogP contribution in [0.3, 0.4) is 0 Å². The molecule has 0 spiro atoms. The number of hydrogen-bond acceptors (Lipinski definition) is 3. The number of aliphatic imine (C=N–C) groups is 1. The van der Waals surface area contributed by atoms with E-state index in [0.29, 0.717) is 0 Å². The Labute approximate surface area is 221 Å². The number of hydrogen-bond donors (Lipinski definition) is 2. The van der Waals surface area contributed by atoms with E-state index in [1.54, 1.807) is 6.20 Å². The van der Waals surface area contributed by atoms with Gasteiger partial charge in [0.05, 0.1) is 5.71 Å². The van der Waals surface area contributed by atoms with Crippen LogP contribution in [0.2, 0.25) is 0 Å². The minimum Gasteiger partial charge on any atom is -0.404 e. The predicted octanol–water partition coefficient (Wildman–Crippen LogP) is 7.71. The molecular formula is C34H37N3. The standard InChI is InChI=1S/C34H37N3/c1-25(18-19-30-20-21-37-30)22-33(34(36-3)31-17-11-10-12-26(31)2)29(24-35)23-32(27-13-6-4-7-14-27)28-15-8-5-9-16-28/h4,6-7,10-15,17-24,37H,5,8-9,16,35H2,1-3H3/b25-18?,29-24+,30-19?,32-23+,33-22?,36-34?. The summed E-state index contributed by atoms with van der Waals surface area (Å²) in [6.07, 6.45) is 21.4. The van der Waals surface area contributed by atoms with Crippen molar-refractivity contribution in [1.82, 2.24) is 5.32 Å². The van der Waals surface area contributed by atoms with Crippen molar-refractivity contribution in [3.63, 3.8) is 0 Å². The van der Waals surface area contributed by atoms with Gasteiger partial charge in [-0.1, -0.05) is 72.3 Å². The van der Waals surface area contributed by atoms with Crippen LogP contribution < -0.4 is 11.1 Å². The topological polar surface area (TPSA) is 50.4 Å². The Bertz CT molecular complexity index is 1360. The third-order valence-electron chi connectivity index (χ3n) is 6.80.